The fourth-order valence-corrected chi connectivity index (χ4v) is 2.48. The van der Waals surface area contributed by atoms with Crippen LogP contribution < -0.4 is 5.32 Å². The number of imidazole rings is 1. The Labute approximate surface area is 119 Å². The average molecular weight is 292 g/mol. The van der Waals surface area contributed by atoms with Crippen molar-refractivity contribution >= 4 is 29.2 Å². The minimum Gasteiger partial charge on any atom is -0.358 e. The lowest BCUT2D eigenvalue weighted by Gasteiger charge is -2.04. The molecule has 0 radical (unpaired) electrons. The van der Waals surface area contributed by atoms with Crippen molar-refractivity contribution in [1.82, 2.24) is 9.55 Å². The SMILES string of the molecule is CC(=O)Nc1ccc(Sc2c([N+](=O)[O-])ncn2C)cc1. The molecule has 2 aromatic rings. The van der Waals surface area contributed by atoms with Gasteiger partial charge in [0.2, 0.25) is 12.2 Å². The van der Waals surface area contributed by atoms with Crippen LogP contribution in [0.2, 0.25) is 0 Å². The molecule has 8 heteroatoms. The number of carbonyl (C=O) groups excluding carboxylic acids is 1. The molecule has 1 amide bonds. The molecule has 1 aromatic heterocycles. The van der Waals surface area contributed by atoms with Gasteiger partial charge < -0.3 is 20.0 Å². The summed E-state index contributed by atoms with van der Waals surface area (Å²) in [6, 6.07) is 7.05. The average Bonchev–Trinajstić information content (AvgIpc) is 2.73. The highest BCUT2D eigenvalue weighted by atomic mass is 32.2. The maximum absolute atomic E-state index is 10.9. The molecule has 2 rings (SSSR count). The molecule has 0 fully saturated rings. The van der Waals surface area contributed by atoms with Crippen molar-refractivity contribution in [3.63, 3.8) is 0 Å². The van der Waals surface area contributed by atoms with E-state index in [1.807, 2.05) is 0 Å². The Balaban J connectivity index is 2.20. The molecule has 0 saturated heterocycles. The second-order valence-corrected chi connectivity index (χ2v) is 5.11. The molecular weight excluding hydrogens is 280 g/mol. The van der Waals surface area contributed by atoms with E-state index >= 15 is 0 Å². The van der Waals surface area contributed by atoms with Crippen molar-refractivity contribution in [3.8, 4) is 0 Å². The molecule has 20 heavy (non-hydrogen) atoms. The van der Waals surface area contributed by atoms with Crippen molar-refractivity contribution in [2.24, 2.45) is 7.05 Å². The first-order valence-electron chi connectivity index (χ1n) is 5.68. The van der Waals surface area contributed by atoms with Crippen LogP contribution in [0.5, 0.6) is 0 Å². The Hall–Kier alpha value is -2.35. The molecule has 0 aliphatic heterocycles. The second kappa shape index (κ2) is 5.74. The van der Waals surface area contributed by atoms with Crippen molar-refractivity contribution < 1.29 is 9.72 Å². The first-order valence-corrected chi connectivity index (χ1v) is 6.50. The number of nitrogens with zero attached hydrogens (tertiary/aromatic N) is 3. The number of benzene rings is 1. The van der Waals surface area contributed by atoms with Gasteiger partial charge in [-0.25, -0.2) is 0 Å². The Morgan fingerprint density at radius 3 is 2.60 bits per heavy atom. The molecule has 0 bridgehead atoms. The minimum atomic E-state index is -0.506. The van der Waals surface area contributed by atoms with Gasteiger partial charge in [0.05, 0.1) is 0 Å². The van der Waals surface area contributed by atoms with Gasteiger partial charge in [-0.2, -0.15) is 0 Å². The molecule has 1 N–H and O–H groups in total. The molecule has 0 atom stereocenters. The maximum atomic E-state index is 10.9. The van der Waals surface area contributed by atoms with E-state index in [9.17, 15) is 14.9 Å². The summed E-state index contributed by atoms with van der Waals surface area (Å²) >= 11 is 1.25. The predicted octanol–water partition coefficient (Wildman–Crippen LogP) is 2.44. The summed E-state index contributed by atoms with van der Waals surface area (Å²) in [5.74, 6) is -0.309. The smallest absolute Gasteiger partial charge is 0.358 e. The Morgan fingerprint density at radius 1 is 1.40 bits per heavy atom. The standard InChI is InChI=1S/C12H12N4O3S/c1-8(17)14-9-3-5-10(6-4-9)20-12-11(16(18)19)13-7-15(12)2/h3-7H,1-2H3,(H,14,17). The van der Waals surface area contributed by atoms with E-state index in [1.165, 1.54) is 25.0 Å². The largest absolute Gasteiger partial charge is 0.396 e. The third-order valence-corrected chi connectivity index (χ3v) is 3.60. The number of amides is 1. The van der Waals surface area contributed by atoms with E-state index in [0.29, 0.717) is 10.7 Å². The predicted molar refractivity (Wildman–Crippen MR) is 74.7 cm³/mol. The molecular formula is C12H12N4O3S. The lowest BCUT2D eigenvalue weighted by Crippen LogP contribution is -2.05. The minimum absolute atomic E-state index is 0.146. The number of anilines is 1. The van der Waals surface area contributed by atoms with E-state index in [0.717, 1.165) is 4.90 Å². The van der Waals surface area contributed by atoms with Gasteiger partial charge in [0.25, 0.3) is 0 Å². The molecule has 0 saturated carbocycles. The Bertz CT molecular complexity index is 651. The topological polar surface area (TPSA) is 90.1 Å². The number of rotatable bonds is 4. The number of nitrogens with one attached hydrogen (secondary N) is 1. The van der Waals surface area contributed by atoms with Crippen LogP contribution in [0, 0.1) is 10.1 Å². The van der Waals surface area contributed by atoms with Gasteiger partial charge in [0.1, 0.15) is 0 Å². The van der Waals surface area contributed by atoms with Gasteiger partial charge >= 0.3 is 5.82 Å². The van der Waals surface area contributed by atoms with Crippen LogP contribution >= 0.6 is 11.8 Å². The van der Waals surface area contributed by atoms with Gasteiger partial charge in [-0.05, 0) is 34.2 Å². The molecule has 0 spiro atoms. The molecule has 0 aliphatic rings. The quantitative estimate of drug-likeness (QED) is 0.690. The summed E-state index contributed by atoms with van der Waals surface area (Å²) in [4.78, 5) is 25.9. The van der Waals surface area contributed by atoms with Crippen LogP contribution in [0.25, 0.3) is 0 Å². The second-order valence-electron chi connectivity index (χ2n) is 4.05. The van der Waals surface area contributed by atoms with Gasteiger partial charge in [-0.3, -0.25) is 4.79 Å². The number of nitro groups is 1. The number of aromatic nitrogens is 2. The first kappa shape index (κ1) is 14.1. The van der Waals surface area contributed by atoms with Crippen molar-refractivity contribution in [1.29, 1.82) is 0 Å². The Kier molecular flexibility index (Phi) is 4.04. The zero-order valence-corrected chi connectivity index (χ0v) is 11.7. The number of hydrogen-bond donors (Lipinski definition) is 1. The monoisotopic (exact) mass is 292 g/mol. The van der Waals surface area contributed by atoms with Gasteiger partial charge in [-0.1, -0.05) is 11.8 Å². The summed E-state index contributed by atoms with van der Waals surface area (Å²) in [5, 5.41) is 14.0. The lowest BCUT2D eigenvalue weighted by molar-refractivity contribution is -0.392. The number of aryl methyl sites for hydroxylation is 1. The van der Waals surface area contributed by atoms with E-state index in [-0.39, 0.29) is 11.7 Å². The molecule has 1 aromatic carbocycles. The zero-order valence-electron chi connectivity index (χ0n) is 10.9. The third-order valence-electron chi connectivity index (χ3n) is 2.43. The normalized spacial score (nSPS) is 10.3. The van der Waals surface area contributed by atoms with E-state index < -0.39 is 4.92 Å². The third kappa shape index (κ3) is 3.15. The molecule has 7 nitrogen and oxygen atoms in total. The molecule has 104 valence electrons. The van der Waals surface area contributed by atoms with Crippen molar-refractivity contribution in [3.05, 3.63) is 40.7 Å². The fourth-order valence-electron chi connectivity index (χ4n) is 1.57. The summed E-state index contributed by atoms with van der Waals surface area (Å²) in [5.41, 5.74) is 0.682. The van der Waals surface area contributed by atoms with E-state index in [1.54, 1.807) is 35.9 Å². The lowest BCUT2D eigenvalue weighted by atomic mass is 10.3. The summed E-state index contributed by atoms with van der Waals surface area (Å²) in [6.07, 6.45) is 1.41. The van der Waals surface area contributed by atoms with E-state index in [4.69, 9.17) is 0 Å². The summed E-state index contributed by atoms with van der Waals surface area (Å²) < 4.78 is 1.60. The van der Waals surface area contributed by atoms with Gasteiger partial charge in [-0.15, -0.1) is 0 Å². The van der Waals surface area contributed by atoms with E-state index in [2.05, 4.69) is 10.3 Å². The number of carbonyl (C=O) groups is 1. The highest BCUT2D eigenvalue weighted by molar-refractivity contribution is 7.99. The van der Waals surface area contributed by atoms with Crippen molar-refractivity contribution in [2.45, 2.75) is 16.8 Å². The Morgan fingerprint density at radius 2 is 2.05 bits per heavy atom. The van der Waals surface area contributed by atoms with Crippen LogP contribution in [0.15, 0.2) is 40.5 Å². The van der Waals surface area contributed by atoms with Crippen molar-refractivity contribution in [2.75, 3.05) is 5.32 Å². The first-order chi connectivity index (χ1) is 9.47. The molecule has 0 unspecified atom stereocenters. The summed E-state index contributed by atoms with van der Waals surface area (Å²) in [6.45, 7) is 1.43. The van der Waals surface area contributed by atoms with Crippen LogP contribution in [0.3, 0.4) is 0 Å². The fraction of sp³-hybridized carbons (Fsp3) is 0.167. The summed E-state index contributed by atoms with van der Waals surface area (Å²) in [7, 11) is 1.70. The van der Waals surface area contributed by atoms with Crippen LogP contribution in [-0.4, -0.2) is 20.4 Å². The van der Waals surface area contributed by atoms with Gasteiger partial charge in [0.15, 0.2) is 5.03 Å². The zero-order chi connectivity index (χ0) is 14.7. The van der Waals surface area contributed by atoms with Gasteiger partial charge in [0, 0.05) is 24.6 Å². The highest BCUT2D eigenvalue weighted by Crippen LogP contribution is 2.33. The van der Waals surface area contributed by atoms with Crippen LogP contribution in [0.4, 0.5) is 11.5 Å². The molecule has 0 aliphatic carbocycles. The maximum Gasteiger partial charge on any atom is 0.396 e. The highest BCUT2D eigenvalue weighted by Gasteiger charge is 2.20. The van der Waals surface area contributed by atoms with Crippen LogP contribution in [0.1, 0.15) is 6.92 Å². The van der Waals surface area contributed by atoms with Crippen LogP contribution in [-0.2, 0) is 11.8 Å². The molecule has 1 heterocycles. The number of hydrogen-bond acceptors (Lipinski definition) is 5.